The molecule has 4 aliphatic rings. The summed E-state index contributed by atoms with van der Waals surface area (Å²) in [6.07, 6.45) is 7.78. The molecule has 0 bridgehead atoms. The van der Waals surface area contributed by atoms with E-state index in [1.54, 1.807) is 25.4 Å². The Labute approximate surface area is 444 Å². The van der Waals surface area contributed by atoms with Crippen molar-refractivity contribution in [2.24, 2.45) is 5.41 Å². The Bertz CT molecular complexity index is 3440. The quantitative estimate of drug-likeness (QED) is 0.0607. The van der Waals surface area contributed by atoms with Gasteiger partial charge in [0.15, 0.2) is 17.7 Å². The van der Waals surface area contributed by atoms with Crippen LogP contribution in [-0.4, -0.2) is 115 Å². The van der Waals surface area contributed by atoms with E-state index in [0.29, 0.717) is 36.1 Å². The lowest BCUT2D eigenvalue weighted by Gasteiger charge is -2.58. The van der Waals surface area contributed by atoms with E-state index in [0.717, 1.165) is 76.1 Å². The van der Waals surface area contributed by atoms with Gasteiger partial charge in [-0.2, -0.15) is 0 Å². The van der Waals surface area contributed by atoms with Crippen LogP contribution in [-0.2, 0) is 21.3 Å². The molecular formula is C56H61F2N9O9S. The number of benzene rings is 4. The number of nitrogens with zero attached hydrogens (tertiary/aromatic N) is 6. The van der Waals surface area contributed by atoms with Gasteiger partial charge in [-0.15, -0.1) is 0 Å². The van der Waals surface area contributed by atoms with Gasteiger partial charge in [-0.05, 0) is 84.0 Å². The number of piperidine rings is 1. The van der Waals surface area contributed by atoms with E-state index in [1.807, 2.05) is 21.8 Å². The number of pyridine rings is 1. The average Bonchev–Trinajstić information content (AvgIpc) is 4.19. The first kappa shape index (κ1) is 51.9. The maximum Gasteiger partial charge on any atom is 0.297 e. The van der Waals surface area contributed by atoms with Gasteiger partial charge >= 0.3 is 0 Å². The van der Waals surface area contributed by atoms with Crippen LogP contribution in [0.5, 0.6) is 17.2 Å². The minimum atomic E-state index is -5.00. The summed E-state index contributed by atoms with van der Waals surface area (Å²) in [5.74, 6) is -0.808. The lowest BCUT2D eigenvalue weighted by molar-refractivity contribution is -0.384. The molecule has 1 atom stereocenters. The van der Waals surface area contributed by atoms with Crippen LogP contribution in [0.1, 0.15) is 91.4 Å². The molecule has 3 aliphatic heterocycles. The summed E-state index contributed by atoms with van der Waals surface area (Å²) >= 11 is 0. The van der Waals surface area contributed by atoms with Crippen molar-refractivity contribution in [1.82, 2.24) is 29.5 Å². The lowest BCUT2D eigenvalue weighted by Crippen LogP contribution is -2.60. The average molecular weight is 1070 g/mol. The number of nitro benzene ring substituents is 1. The molecule has 7 aromatic rings. The maximum atomic E-state index is 16.7. The monoisotopic (exact) mass is 1070 g/mol. The van der Waals surface area contributed by atoms with Gasteiger partial charge in [-0.1, -0.05) is 50.2 Å². The Hall–Kier alpha value is -7.20. The molecule has 1 spiro atoms. The van der Waals surface area contributed by atoms with Crippen LogP contribution in [0, 0.1) is 21.3 Å². The van der Waals surface area contributed by atoms with Gasteiger partial charge in [0.1, 0.15) is 44.8 Å². The number of rotatable bonds is 16. The van der Waals surface area contributed by atoms with Crippen LogP contribution >= 0.6 is 0 Å². The van der Waals surface area contributed by atoms with Crippen LogP contribution < -0.4 is 24.4 Å². The summed E-state index contributed by atoms with van der Waals surface area (Å²) in [5.41, 5.74) is 0.844. The Morgan fingerprint density at radius 2 is 1.74 bits per heavy atom. The van der Waals surface area contributed by atoms with Crippen molar-refractivity contribution >= 4 is 55.1 Å². The first-order valence-corrected chi connectivity index (χ1v) is 27.6. The smallest absolute Gasteiger partial charge is 0.297 e. The predicted octanol–water partition coefficient (Wildman–Crippen LogP) is 10.0. The maximum absolute atomic E-state index is 16.7. The number of nitro groups is 1. The third-order valence-electron chi connectivity index (χ3n) is 16.2. The van der Waals surface area contributed by atoms with E-state index in [9.17, 15) is 23.3 Å². The van der Waals surface area contributed by atoms with E-state index in [2.05, 4.69) is 80.3 Å². The van der Waals surface area contributed by atoms with Gasteiger partial charge < -0.3 is 33.8 Å². The summed E-state index contributed by atoms with van der Waals surface area (Å²) in [6, 6.07) is 24.3. The van der Waals surface area contributed by atoms with Crippen LogP contribution in [0.25, 0.3) is 22.1 Å². The number of amides is 1. The van der Waals surface area contributed by atoms with Crippen molar-refractivity contribution in [1.29, 1.82) is 0 Å². The van der Waals surface area contributed by atoms with E-state index in [4.69, 9.17) is 18.6 Å². The number of fused-ring (bicyclic) bond motifs is 2. The number of anilines is 2. The molecule has 3 aromatic heterocycles. The summed E-state index contributed by atoms with van der Waals surface area (Å²) in [7, 11) is -3.32. The number of piperazine rings is 1. The third-order valence-corrected chi connectivity index (χ3v) is 17.5. The molecule has 4 fully saturated rings. The molecule has 1 amide bonds. The summed E-state index contributed by atoms with van der Waals surface area (Å²) in [4.78, 5) is 43.8. The second-order valence-electron chi connectivity index (χ2n) is 21.3. The number of hydrogen-bond acceptors (Lipinski definition) is 15. The molecule has 11 rings (SSSR count). The Morgan fingerprint density at radius 1 is 0.974 bits per heavy atom. The number of carbonyl (C=O) groups excluding carboxylic acids is 1. The van der Waals surface area contributed by atoms with Gasteiger partial charge in [-0.25, -0.2) is 31.9 Å². The third kappa shape index (κ3) is 10.5. The zero-order chi connectivity index (χ0) is 53.6. The van der Waals surface area contributed by atoms with Crippen molar-refractivity contribution in [2.45, 2.75) is 87.5 Å². The number of halogens is 2. The van der Waals surface area contributed by atoms with Crippen molar-refractivity contribution in [2.75, 3.05) is 69.8 Å². The predicted molar refractivity (Wildman–Crippen MR) is 285 cm³/mol. The summed E-state index contributed by atoms with van der Waals surface area (Å²) in [6.45, 7) is 9.19. The topological polar surface area (TPSA) is 211 Å². The van der Waals surface area contributed by atoms with E-state index in [1.165, 1.54) is 29.0 Å². The van der Waals surface area contributed by atoms with Gasteiger partial charge in [0.25, 0.3) is 21.6 Å². The highest BCUT2D eigenvalue weighted by Gasteiger charge is 2.50. The van der Waals surface area contributed by atoms with Crippen LogP contribution in [0.3, 0.4) is 0 Å². The van der Waals surface area contributed by atoms with E-state index < -0.39 is 48.5 Å². The number of aromatic nitrogens is 3. The minimum absolute atomic E-state index is 0.0394. The van der Waals surface area contributed by atoms with E-state index >= 15 is 8.78 Å². The molecule has 6 heterocycles. The van der Waals surface area contributed by atoms with Crippen molar-refractivity contribution in [3.63, 3.8) is 0 Å². The molecule has 0 radical (unpaired) electrons. The minimum Gasteiger partial charge on any atom is -0.497 e. The number of alkyl halides is 1. The van der Waals surface area contributed by atoms with Crippen molar-refractivity contribution in [3.8, 4) is 17.2 Å². The Morgan fingerprint density at radius 3 is 2.48 bits per heavy atom. The zero-order valence-electron chi connectivity index (χ0n) is 43.1. The van der Waals surface area contributed by atoms with Gasteiger partial charge in [0.05, 0.1) is 29.5 Å². The fourth-order valence-corrected chi connectivity index (χ4v) is 13.0. The van der Waals surface area contributed by atoms with E-state index in [-0.39, 0.29) is 78.0 Å². The van der Waals surface area contributed by atoms with Gasteiger partial charge in [0.2, 0.25) is 0 Å². The Balaban J connectivity index is 0.823. The number of sulfonamides is 1. The summed E-state index contributed by atoms with van der Waals surface area (Å²) < 4.78 is 85.1. The standard InChI is InChI=1S/C56H61F2N9O9S/c1-35(2)41-6-4-5-7-42(41)47-32-64(31-36-8-10-39(73-3)11-9-36)20-21-66(47)38-28-55(29-38)13-18-65(19-14-55)45-26-48(76-40-24-37-12-17-59-53(37)60-30-40)43(25-44(45)57)54(68)63-77(71,72)49-27-46(67(69)70)50(52-51(49)62-34-75-52)61-33-56(58)15-22-74-23-16-56/h4-12,17,24-27,30,34-35,38,47,61H,13-16,18-23,28-29,31-33H2,1-3H3,(H,59,60)(H,63,68). The lowest BCUT2D eigenvalue weighted by atomic mass is 9.59. The van der Waals surface area contributed by atoms with Crippen LogP contribution in [0.2, 0.25) is 0 Å². The van der Waals surface area contributed by atoms with Crippen molar-refractivity contribution < 1.29 is 45.5 Å². The zero-order valence-corrected chi connectivity index (χ0v) is 43.9. The number of aromatic amines is 1. The van der Waals surface area contributed by atoms with Gasteiger partial charge in [0, 0.05) is 108 Å². The molecule has 1 aliphatic carbocycles. The molecule has 18 nitrogen and oxygen atoms in total. The largest absolute Gasteiger partial charge is 0.497 e. The molecule has 1 saturated carbocycles. The van der Waals surface area contributed by atoms with Gasteiger partial charge in [-0.3, -0.25) is 24.7 Å². The Kier molecular flexibility index (Phi) is 14.1. The normalized spacial score (nSPS) is 19.1. The molecular weight excluding hydrogens is 1010 g/mol. The number of nitrogens with one attached hydrogen (secondary N) is 3. The van der Waals surface area contributed by atoms with Crippen LogP contribution in [0.4, 0.5) is 25.8 Å². The second kappa shape index (κ2) is 21.0. The fourth-order valence-electron chi connectivity index (χ4n) is 11.9. The number of H-pyrrole nitrogens is 1. The first-order valence-electron chi connectivity index (χ1n) is 26.1. The SMILES string of the molecule is COc1ccc(CN2CCN(C3CC4(CCN(c5cc(Oc6cnc7[nH]ccc7c6)c(C(=O)NS(=O)(=O)c6cc([N+](=O)[O-])c(NCC7(F)CCOCC7)c7ocnc67)cc5F)CC4)C3)C(c3ccccc3C(C)C)C2)cc1. The fraction of sp³-hybridized carbons (Fsp3) is 0.411. The molecule has 3 N–H and O–H groups in total. The number of ether oxygens (including phenoxy) is 3. The highest BCUT2D eigenvalue weighted by molar-refractivity contribution is 7.90. The number of carbonyl (C=O) groups is 1. The molecule has 1 unspecified atom stereocenters. The molecule has 21 heteroatoms. The van der Waals surface area contributed by atoms with Crippen molar-refractivity contribution in [3.05, 3.63) is 136 Å². The second-order valence-corrected chi connectivity index (χ2v) is 22.9. The van der Waals surface area contributed by atoms with Crippen LogP contribution in [0.15, 0.2) is 107 Å². The molecule has 3 saturated heterocycles. The molecule has 77 heavy (non-hydrogen) atoms. The highest BCUT2D eigenvalue weighted by Crippen LogP contribution is 2.54. The molecule has 4 aromatic carbocycles. The first-order chi connectivity index (χ1) is 37.1. The number of methoxy groups -OCH3 is 1. The molecule has 404 valence electrons. The number of oxazole rings is 1. The number of hydrogen-bond donors (Lipinski definition) is 3. The highest BCUT2D eigenvalue weighted by atomic mass is 32.2. The summed E-state index contributed by atoms with van der Waals surface area (Å²) in [5, 5.41) is 15.9.